The summed E-state index contributed by atoms with van der Waals surface area (Å²) in [6.45, 7) is 0. The van der Waals surface area contributed by atoms with Gasteiger partial charge in [0, 0.05) is 17.2 Å². The largest absolute Gasteiger partial charge is 0.494 e. The summed E-state index contributed by atoms with van der Waals surface area (Å²) in [5.74, 6) is -1.02. The molecule has 0 unspecified atom stereocenters. The predicted octanol–water partition coefficient (Wildman–Crippen LogP) is 4.30. The van der Waals surface area contributed by atoms with Gasteiger partial charge in [-0.1, -0.05) is 24.3 Å². The molecule has 3 aromatic carbocycles. The van der Waals surface area contributed by atoms with Crippen molar-refractivity contribution in [3.63, 3.8) is 0 Å². The van der Waals surface area contributed by atoms with Gasteiger partial charge < -0.3 is 14.8 Å². The van der Waals surface area contributed by atoms with Gasteiger partial charge in [-0.3, -0.25) is 4.79 Å². The summed E-state index contributed by atoms with van der Waals surface area (Å²) in [6, 6.07) is 17.2. The molecule has 0 aliphatic carbocycles. The van der Waals surface area contributed by atoms with Gasteiger partial charge in [0.1, 0.15) is 5.82 Å². The molecule has 0 aliphatic rings. The Morgan fingerprint density at radius 1 is 1.06 bits per heavy atom. The lowest BCUT2D eigenvalue weighted by atomic mass is 9.99. The van der Waals surface area contributed by atoms with Crippen molar-refractivity contribution in [2.24, 2.45) is 4.99 Å². The Hall–Kier alpha value is -3.98. The zero-order valence-electron chi connectivity index (χ0n) is 18.4. The van der Waals surface area contributed by atoms with Gasteiger partial charge in [0.25, 0.3) is 0 Å². The summed E-state index contributed by atoms with van der Waals surface area (Å²) in [4.78, 5) is 19.2. The number of halogens is 1. The third-order valence-corrected chi connectivity index (χ3v) is 6.42. The average molecular weight is 481 g/mol. The molecule has 7 nitrogen and oxygen atoms in total. The molecule has 0 amide bonds. The Bertz CT molecular complexity index is 1510. The van der Waals surface area contributed by atoms with Crippen molar-refractivity contribution in [2.75, 3.05) is 13.4 Å². The number of esters is 1. The van der Waals surface area contributed by atoms with E-state index in [0.29, 0.717) is 33.4 Å². The molecule has 9 heteroatoms. The minimum atomic E-state index is -3.37. The maximum absolute atomic E-state index is 13.7. The molecule has 0 spiro atoms. The van der Waals surface area contributed by atoms with Crippen molar-refractivity contribution < 1.29 is 27.4 Å². The number of sulfone groups is 1. The molecule has 4 aromatic rings. The highest BCUT2D eigenvalue weighted by atomic mass is 32.2. The standard InChI is InChI=1S/C25H21FN2O5S/c1-33-22(29)13-15-3-5-16(6-4-15)24(27-18-8-10-19(11-9-18)34(2,31)32)23-20-12-7-17(26)14-21(20)28-25(23)30/h3-12,14,28,30H,13H2,1-2H3. The minimum Gasteiger partial charge on any atom is -0.494 e. The second kappa shape index (κ2) is 9.11. The van der Waals surface area contributed by atoms with Crippen LogP contribution in [0.4, 0.5) is 10.1 Å². The zero-order chi connectivity index (χ0) is 24.5. The van der Waals surface area contributed by atoms with Crippen LogP contribution in [-0.4, -0.2) is 43.6 Å². The van der Waals surface area contributed by atoms with Gasteiger partial charge in [-0.05, 0) is 48.0 Å². The summed E-state index contributed by atoms with van der Waals surface area (Å²) >= 11 is 0. The first-order valence-electron chi connectivity index (χ1n) is 10.2. The van der Waals surface area contributed by atoms with Gasteiger partial charge in [0.2, 0.25) is 0 Å². The van der Waals surface area contributed by atoms with Crippen LogP contribution in [0.1, 0.15) is 16.7 Å². The van der Waals surface area contributed by atoms with Crippen LogP contribution in [0.15, 0.2) is 76.6 Å². The third kappa shape index (κ3) is 4.84. The highest BCUT2D eigenvalue weighted by Crippen LogP contribution is 2.32. The molecule has 0 fully saturated rings. The summed E-state index contributed by atoms with van der Waals surface area (Å²) in [7, 11) is -2.05. The zero-order valence-corrected chi connectivity index (χ0v) is 19.2. The molecule has 4 rings (SSSR count). The van der Waals surface area contributed by atoms with Gasteiger partial charge >= 0.3 is 5.97 Å². The Morgan fingerprint density at radius 2 is 1.74 bits per heavy atom. The summed E-state index contributed by atoms with van der Waals surface area (Å²) < 4.78 is 42.0. The first-order chi connectivity index (χ1) is 16.2. The first kappa shape index (κ1) is 23.2. The van der Waals surface area contributed by atoms with Crippen LogP contribution in [0.5, 0.6) is 5.88 Å². The number of ether oxygens (including phenoxy) is 1. The molecule has 2 N–H and O–H groups in total. The van der Waals surface area contributed by atoms with Gasteiger partial charge in [-0.2, -0.15) is 0 Å². The van der Waals surface area contributed by atoms with Crippen LogP contribution >= 0.6 is 0 Å². The van der Waals surface area contributed by atoms with E-state index in [-0.39, 0.29) is 23.2 Å². The average Bonchev–Trinajstić information content (AvgIpc) is 3.12. The maximum Gasteiger partial charge on any atom is 0.309 e. The molecule has 34 heavy (non-hydrogen) atoms. The molecule has 0 aliphatic heterocycles. The molecule has 0 saturated carbocycles. The third-order valence-electron chi connectivity index (χ3n) is 5.29. The molecule has 0 saturated heterocycles. The normalized spacial score (nSPS) is 12.1. The minimum absolute atomic E-state index is 0.105. The van der Waals surface area contributed by atoms with Crippen LogP contribution in [0.25, 0.3) is 10.9 Å². The fraction of sp³-hybridized carbons (Fsp3) is 0.120. The van der Waals surface area contributed by atoms with E-state index in [9.17, 15) is 22.7 Å². The number of aliphatic imine (C=N–C) groups is 1. The highest BCUT2D eigenvalue weighted by Gasteiger charge is 2.19. The number of methoxy groups -OCH3 is 1. The SMILES string of the molecule is COC(=O)Cc1ccc(C(=Nc2ccc(S(C)(=O)=O)cc2)c2c(O)[nH]c3cc(F)ccc23)cc1. The van der Waals surface area contributed by atoms with Crippen LogP contribution in [0, 0.1) is 5.82 Å². The van der Waals surface area contributed by atoms with E-state index in [1.165, 1.54) is 31.4 Å². The van der Waals surface area contributed by atoms with E-state index in [4.69, 9.17) is 9.73 Å². The predicted molar refractivity (Wildman–Crippen MR) is 127 cm³/mol. The Labute approximate surface area is 195 Å². The number of hydrogen-bond acceptors (Lipinski definition) is 6. The number of rotatable bonds is 6. The van der Waals surface area contributed by atoms with E-state index < -0.39 is 15.7 Å². The van der Waals surface area contributed by atoms with Crippen molar-refractivity contribution in [2.45, 2.75) is 11.3 Å². The van der Waals surface area contributed by atoms with Gasteiger partial charge in [-0.15, -0.1) is 0 Å². The second-order valence-electron chi connectivity index (χ2n) is 7.71. The van der Waals surface area contributed by atoms with Gasteiger partial charge in [0.15, 0.2) is 15.7 Å². The smallest absolute Gasteiger partial charge is 0.309 e. The van der Waals surface area contributed by atoms with E-state index in [0.717, 1.165) is 11.8 Å². The number of benzene rings is 3. The maximum atomic E-state index is 13.7. The van der Waals surface area contributed by atoms with Crippen molar-refractivity contribution in [3.05, 3.63) is 89.2 Å². The molecule has 174 valence electrons. The monoisotopic (exact) mass is 480 g/mol. The van der Waals surface area contributed by atoms with E-state index >= 15 is 0 Å². The number of aromatic hydroxyl groups is 1. The number of H-pyrrole nitrogens is 1. The number of hydrogen-bond donors (Lipinski definition) is 2. The number of nitrogens with zero attached hydrogens (tertiary/aromatic N) is 1. The number of carbonyl (C=O) groups excluding carboxylic acids is 1. The first-order valence-corrected chi connectivity index (χ1v) is 12.1. The fourth-order valence-electron chi connectivity index (χ4n) is 3.58. The van der Waals surface area contributed by atoms with Gasteiger partial charge in [-0.25, -0.2) is 17.8 Å². The molecule has 0 radical (unpaired) electrons. The number of aromatic amines is 1. The lowest BCUT2D eigenvalue weighted by molar-refractivity contribution is -0.139. The second-order valence-corrected chi connectivity index (χ2v) is 9.73. The van der Waals surface area contributed by atoms with Crippen LogP contribution < -0.4 is 0 Å². The highest BCUT2D eigenvalue weighted by molar-refractivity contribution is 7.90. The van der Waals surface area contributed by atoms with Crippen LogP contribution in [0.2, 0.25) is 0 Å². The molecule has 0 atom stereocenters. The number of nitrogens with one attached hydrogen (secondary N) is 1. The molecule has 1 aromatic heterocycles. The molecule has 1 heterocycles. The summed E-state index contributed by atoms with van der Waals surface area (Å²) in [5.41, 5.74) is 2.96. The van der Waals surface area contributed by atoms with Crippen LogP contribution in [0.3, 0.4) is 0 Å². The Balaban J connectivity index is 1.86. The summed E-state index contributed by atoms with van der Waals surface area (Å²) in [6.07, 6.45) is 1.23. The van der Waals surface area contributed by atoms with Crippen molar-refractivity contribution >= 4 is 38.1 Å². The fourth-order valence-corrected chi connectivity index (χ4v) is 4.21. The van der Waals surface area contributed by atoms with Crippen molar-refractivity contribution in [3.8, 4) is 5.88 Å². The lowest BCUT2D eigenvalue weighted by Crippen LogP contribution is -2.06. The number of carbonyl (C=O) groups is 1. The van der Waals surface area contributed by atoms with Crippen molar-refractivity contribution in [1.29, 1.82) is 0 Å². The van der Waals surface area contributed by atoms with E-state index in [1.54, 1.807) is 42.5 Å². The topological polar surface area (TPSA) is 109 Å². The quantitative estimate of drug-likeness (QED) is 0.316. The van der Waals surface area contributed by atoms with Gasteiger partial charge in [0.05, 0.1) is 40.9 Å². The number of fused-ring (bicyclic) bond motifs is 1. The number of aromatic nitrogens is 1. The molecular weight excluding hydrogens is 459 g/mol. The van der Waals surface area contributed by atoms with E-state index in [2.05, 4.69) is 4.98 Å². The molecule has 0 bridgehead atoms. The van der Waals surface area contributed by atoms with Crippen molar-refractivity contribution in [1.82, 2.24) is 4.98 Å². The summed E-state index contributed by atoms with van der Waals surface area (Å²) in [5, 5.41) is 11.3. The Kier molecular flexibility index (Phi) is 6.21. The van der Waals surface area contributed by atoms with E-state index in [1.807, 2.05) is 0 Å². The Morgan fingerprint density at radius 3 is 2.35 bits per heavy atom. The lowest BCUT2D eigenvalue weighted by Gasteiger charge is -2.09. The van der Waals surface area contributed by atoms with Crippen LogP contribution in [-0.2, 0) is 25.8 Å². The molecular formula is C25H21FN2O5S.